The van der Waals surface area contributed by atoms with E-state index in [1.807, 2.05) is 19.1 Å². The van der Waals surface area contributed by atoms with E-state index in [4.69, 9.17) is 0 Å². The molecule has 1 aliphatic heterocycles. The monoisotopic (exact) mass is 255 g/mol. The maximum atomic E-state index is 14.1. The summed E-state index contributed by atoms with van der Waals surface area (Å²) in [5, 5.41) is 2.45. The fraction of sp³-hybridized carbons (Fsp3) is 0.0667. The lowest BCUT2D eigenvalue weighted by Crippen LogP contribution is -2.12. The Kier molecular flexibility index (Phi) is 2.45. The van der Waals surface area contributed by atoms with Gasteiger partial charge in [0, 0.05) is 5.56 Å². The average molecular weight is 255 g/mol. The van der Waals surface area contributed by atoms with E-state index in [9.17, 15) is 14.0 Å². The van der Waals surface area contributed by atoms with E-state index < -0.39 is 17.5 Å². The Morgan fingerprint density at radius 2 is 1.74 bits per heavy atom. The molecule has 0 saturated carbocycles. The summed E-state index contributed by atoms with van der Waals surface area (Å²) in [6.45, 7) is 1.85. The van der Waals surface area contributed by atoms with Crippen LogP contribution < -0.4 is 5.32 Å². The van der Waals surface area contributed by atoms with Gasteiger partial charge in [0.15, 0.2) is 0 Å². The number of fused-ring (bicyclic) bond motifs is 1. The summed E-state index contributed by atoms with van der Waals surface area (Å²) in [7, 11) is 0. The number of ketones is 1. The summed E-state index contributed by atoms with van der Waals surface area (Å²) in [4.78, 5) is 23.1. The van der Waals surface area contributed by atoms with Gasteiger partial charge in [-0.3, -0.25) is 9.59 Å². The molecule has 2 aromatic carbocycles. The van der Waals surface area contributed by atoms with Crippen molar-refractivity contribution in [2.45, 2.75) is 6.92 Å². The third kappa shape index (κ3) is 1.64. The Morgan fingerprint density at radius 3 is 2.47 bits per heavy atom. The number of hydrogen-bond donors (Lipinski definition) is 1. The van der Waals surface area contributed by atoms with Gasteiger partial charge >= 0.3 is 0 Å². The van der Waals surface area contributed by atoms with Crippen molar-refractivity contribution in [3.8, 4) is 11.1 Å². The normalized spacial score (nSPS) is 13.4. The maximum Gasteiger partial charge on any atom is 0.296 e. The molecule has 1 N–H and O–H groups in total. The molecule has 1 amide bonds. The molecule has 0 fully saturated rings. The molecule has 0 aliphatic carbocycles. The molecule has 0 bridgehead atoms. The zero-order chi connectivity index (χ0) is 13.6. The van der Waals surface area contributed by atoms with Crippen LogP contribution in [0.3, 0.4) is 0 Å². The molecule has 4 heteroatoms. The number of anilines is 1. The van der Waals surface area contributed by atoms with E-state index in [0.717, 1.165) is 5.56 Å². The number of hydrogen-bond acceptors (Lipinski definition) is 2. The predicted molar refractivity (Wildman–Crippen MR) is 69.5 cm³/mol. The Hall–Kier alpha value is -2.49. The smallest absolute Gasteiger partial charge is 0.296 e. The van der Waals surface area contributed by atoms with E-state index in [-0.39, 0.29) is 16.8 Å². The standard InChI is InChI=1S/C15H10FNO2/c1-8-4-2-3-5-9(8)12-11(16)7-6-10-13(12)17-15(19)14(10)18/h2-7H,1H3,(H,17,18,19). The van der Waals surface area contributed by atoms with Crippen molar-refractivity contribution in [2.75, 3.05) is 5.32 Å². The molecule has 1 heterocycles. The molecule has 0 saturated heterocycles. The molecular formula is C15H10FNO2. The lowest BCUT2D eigenvalue weighted by molar-refractivity contribution is -0.112. The Balaban J connectivity index is 2.32. The third-order valence-electron chi connectivity index (χ3n) is 3.26. The Bertz CT molecular complexity index is 722. The van der Waals surface area contributed by atoms with Crippen molar-refractivity contribution in [3.63, 3.8) is 0 Å². The molecule has 0 radical (unpaired) electrons. The van der Waals surface area contributed by atoms with Crippen LogP contribution in [-0.4, -0.2) is 11.7 Å². The summed E-state index contributed by atoms with van der Waals surface area (Å²) < 4.78 is 14.1. The van der Waals surface area contributed by atoms with Gasteiger partial charge in [-0.15, -0.1) is 0 Å². The molecule has 1 aliphatic rings. The van der Waals surface area contributed by atoms with Gasteiger partial charge in [0.25, 0.3) is 11.7 Å². The van der Waals surface area contributed by atoms with Crippen LogP contribution in [-0.2, 0) is 4.79 Å². The molecule has 3 nitrogen and oxygen atoms in total. The van der Waals surface area contributed by atoms with Gasteiger partial charge in [-0.2, -0.15) is 0 Å². The Labute approximate surface area is 109 Å². The van der Waals surface area contributed by atoms with Gasteiger partial charge in [-0.25, -0.2) is 4.39 Å². The minimum absolute atomic E-state index is 0.227. The van der Waals surface area contributed by atoms with Gasteiger partial charge < -0.3 is 5.32 Å². The number of carbonyl (C=O) groups excluding carboxylic acids is 2. The summed E-state index contributed by atoms with van der Waals surface area (Å²) in [6, 6.07) is 9.82. The van der Waals surface area contributed by atoms with Crippen molar-refractivity contribution < 1.29 is 14.0 Å². The first kappa shape index (κ1) is 11.6. The van der Waals surface area contributed by atoms with Gasteiger partial charge in [-0.1, -0.05) is 24.3 Å². The quantitative estimate of drug-likeness (QED) is 0.796. The highest BCUT2D eigenvalue weighted by atomic mass is 19.1. The van der Waals surface area contributed by atoms with Crippen LogP contribution in [0.5, 0.6) is 0 Å². The second-order valence-electron chi connectivity index (χ2n) is 4.44. The number of aryl methyl sites for hydroxylation is 1. The number of halogens is 1. The van der Waals surface area contributed by atoms with Gasteiger partial charge in [0.1, 0.15) is 5.82 Å². The first-order valence-corrected chi connectivity index (χ1v) is 5.84. The highest BCUT2D eigenvalue weighted by molar-refractivity contribution is 6.52. The number of nitrogens with one attached hydrogen (secondary N) is 1. The highest BCUT2D eigenvalue weighted by Crippen LogP contribution is 2.38. The number of carbonyl (C=O) groups is 2. The van der Waals surface area contributed by atoms with E-state index in [2.05, 4.69) is 5.32 Å². The van der Waals surface area contributed by atoms with E-state index in [1.165, 1.54) is 12.1 Å². The van der Waals surface area contributed by atoms with Crippen molar-refractivity contribution in [2.24, 2.45) is 0 Å². The van der Waals surface area contributed by atoms with Crippen molar-refractivity contribution >= 4 is 17.4 Å². The fourth-order valence-corrected chi connectivity index (χ4v) is 2.31. The molecule has 2 aromatic rings. The van der Waals surface area contributed by atoms with Crippen LogP contribution in [0, 0.1) is 12.7 Å². The van der Waals surface area contributed by atoms with Crippen LogP contribution in [0.1, 0.15) is 15.9 Å². The van der Waals surface area contributed by atoms with Gasteiger partial charge in [0.05, 0.1) is 11.3 Å². The topological polar surface area (TPSA) is 46.2 Å². The van der Waals surface area contributed by atoms with Crippen LogP contribution in [0.15, 0.2) is 36.4 Å². The highest BCUT2D eigenvalue weighted by Gasteiger charge is 2.31. The number of benzene rings is 2. The summed E-state index contributed by atoms with van der Waals surface area (Å²) in [6.07, 6.45) is 0. The minimum Gasteiger partial charge on any atom is -0.318 e. The SMILES string of the molecule is Cc1ccccc1-c1c(F)ccc2c1NC(=O)C2=O. The van der Waals surface area contributed by atoms with Crippen molar-refractivity contribution in [3.05, 3.63) is 53.3 Å². The summed E-state index contributed by atoms with van der Waals surface area (Å²) in [5.74, 6) is -1.79. The fourth-order valence-electron chi connectivity index (χ4n) is 2.31. The number of amides is 1. The summed E-state index contributed by atoms with van der Waals surface area (Å²) in [5.41, 5.74) is 2.32. The van der Waals surface area contributed by atoms with Crippen LogP contribution in [0.25, 0.3) is 11.1 Å². The third-order valence-corrected chi connectivity index (χ3v) is 3.26. The number of rotatable bonds is 1. The van der Waals surface area contributed by atoms with Crippen LogP contribution in [0.2, 0.25) is 0 Å². The lowest BCUT2D eigenvalue weighted by Gasteiger charge is -2.11. The molecule has 0 spiro atoms. The van der Waals surface area contributed by atoms with E-state index in [1.54, 1.807) is 12.1 Å². The molecule has 94 valence electrons. The van der Waals surface area contributed by atoms with E-state index in [0.29, 0.717) is 5.56 Å². The van der Waals surface area contributed by atoms with Crippen molar-refractivity contribution in [1.29, 1.82) is 0 Å². The molecule has 0 aromatic heterocycles. The summed E-state index contributed by atoms with van der Waals surface area (Å²) >= 11 is 0. The molecular weight excluding hydrogens is 245 g/mol. The second kappa shape index (κ2) is 4.02. The number of Topliss-reactive ketones (excluding diaryl/α,β-unsaturated/α-hetero) is 1. The molecule has 0 unspecified atom stereocenters. The second-order valence-corrected chi connectivity index (χ2v) is 4.44. The Morgan fingerprint density at radius 1 is 1.00 bits per heavy atom. The van der Waals surface area contributed by atoms with E-state index >= 15 is 0 Å². The average Bonchev–Trinajstić information content (AvgIpc) is 2.67. The zero-order valence-electron chi connectivity index (χ0n) is 10.2. The maximum absolute atomic E-state index is 14.1. The predicted octanol–water partition coefficient (Wildman–Crippen LogP) is 2.94. The van der Waals surface area contributed by atoms with Crippen molar-refractivity contribution in [1.82, 2.24) is 0 Å². The van der Waals surface area contributed by atoms with Crippen LogP contribution >= 0.6 is 0 Å². The molecule has 0 atom stereocenters. The largest absolute Gasteiger partial charge is 0.318 e. The lowest BCUT2D eigenvalue weighted by atomic mass is 9.96. The van der Waals surface area contributed by atoms with Gasteiger partial charge in [0.2, 0.25) is 0 Å². The molecule has 3 rings (SSSR count). The first-order valence-electron chi connectivity index (χ1n) is 5.84. The van der Waals surface area contributed by atoms with Gasteiger partial charge in [-0.05, 0) is 30.2 Å². The zero-order valence-corrected chi connectivity index (χ0v) is 10.2. The van der Waals surface area contributed by atoms with Crippen LogP contribution in [0.4, 0.5) is 10.1 Å². The minimum atomic E-state index is -0.713. The first-order chi connectivity index (χ1) is 9.09. The molecule has 19 heavy (non-hydrogen) atoms.